The van der Waals surface area contributed by atoms with Crippen molar-refractivity contribution in [2.45, 2.75) is 12.6 Å². The molecular formula is C31H18ClF5N8. The van der Waals surface area contributed by atoms with Crippen molar-refractivity contribution in [3.63, 3.8) is 0 Å². The molecule has 0 aliphatic rings. The Morgan fingerprint density at radius 2 is 1.69 bits per heavy atom. The van der Waals surface area contributed by atoms with Gasteiger partial charge in [-0.3, -0.25) is 4.98 Å². The summed E-state index contributed by atoms with van der Waals surface area (Å²) in [5.41, 5.74) is 0.565. The van der Waals surface area contributed by atoms with Gasteiger partial charge >= 0.3 is 0 Å². The fourth-order valence-corrected chi connectivity index (χ4v) is 4.83. The van der Waals surface area contributed by atoms with Gasteiger partial charge in [0.1, 0.15) is 29.2 Å². The second-order valence-corrected chi connectivity index (χ2v) is 10.1. The summed E-state index contributed by atoms with van der Waals surface area (Å²) in [6.45, 7) is -0.330. The largest absolute Gasteiger partial charge is 0.373 e. The minimum absolute atomic E-state index is 0.0258. The smallest absolute Gasteiger partial charge is 0.249 e. The molecule has 1 atom stereocenters. The van der Waals surface area contributed by atoms with Gasteiger partial charge < -0.3 is 10.6 Å². The van der Waals surface area contributed by atoms with Crippen LogP contribution in [0.1, 0.15) is 29.8 Å². The van der Waals surface area contributed by atoms with E-state index < -0.39 is 35.2 Å². The van der Waals surface area contributed by atoms with E-state index in [4.69, 9.17) is 11.6 Å². The zero-order chi connectivity index (χ0) is 32.6. The molecule has 3 heterocycles. The molecule has 2 N–H and O–H groups in total. The summed E-state index contributed by atoms with van der Waals surface area (Å²) < 4.78 is 80.6. The Balaban J connectivity index is 1.45. The quantitative estimate of drug-likeness (QED) is 0.133. The maximum Gasteiger partial charge on any atom is 0.249 e. The summed E-state index contributed by atoms with van der Waals surface area (Å²) in [5.74, 6) is -4.65. The lowest BCUT2D eigenvalue weighted by molar-refractivity contribution is 0.480. The number of nitrogens with one attached hydrogen (secondary N) is 2. The summed E-state index contributed by atoms with van der Waals surface area (Å²) >= 11 is 6.60. The van der Waals surface area contributed by atoms with E-state index in [1.165, 1.54) is 42.7 Å². The van der Waals surface area contributed by atoms with E-state index in [0.29, 0.717) is 0 Å². The van der Waals surface area contributed by atoms with Gasteiger partial charge in [0.25, 0.3) is 0 Å². The van der Waals surface area contributed by atoms with Crippen LogP contribution in [-0.4, -0.2) is 25.0 Å². The van der Waals surface area contributed by atoms with Crippen LogP contribution < -0.4 is 10.6 Å². The Labute approximate surface area is 258 Å². The van der Waals surface area contributed by atoms with Crippen molar-refractivity contribution >= 4 is 39.6 Å². The van der Waals surface area contributed by atoms with E-state index in [2.05, 4.69) is 30.9 Å². The van der Waals surface area contributed by atoms with Gasteiger partial charge in [0.05, 0.1) is 53.8 Å². The predicted octanol–water partition coefficient (Wildman–Crippen LogP) is 7.44. The van der Waals surface area contributed by atoms with E-state index in [9.17, 15) is 28.6 Å². The number of hydrogen-bond donors (Lipinski definition) is 2. The molecule has 0 fully saturated rings. The molecule has 3 aromatic heterocycles. The molecular weight excluding hydrogens is 615 g/mol. The highest BCUT2D eigenvalue weighted by Crippen LogP contribution is 2.37. The number of nitrogens with zero attached hydrogens (tertiary/aromatic N) is 6. The number of halogens is 6. The lowest BCUT2D eigenvalue weighted by atomic mass is 10.0. The fraction of sp³-hybridized carbons (Fsp3) is 0.0645. The van der Waals surface area contributed by atoms with Gasteiger partial charge in [-0.05, 0) is 42.0 Å². The van der Waals surface area contributed by atoms with Crippen molar-refractivity contribution in [1.29, 1.82) is 5.26 Å². The number of benzene rings is 3. The molecule has 3 aromatic carbocycles. The highest BCUT2D eigenvalue weighted by Gasteiger charge is 2.21. The van der Waals surface area contributed by atoms with Crippen LogP contribution in [0.5, 0.6) is 0 Å². The standard InChI is InChI=1S/C31H18ClF5N8/c32-23-9-19(8-21-28(17(11-38)12-39-30(21)23)42-20-10-26(36)31(37)40-13-20)41-29(16-4-6-18(33)7-5-16)27-15-45(44-43-27)14-22-24(34)2-1-3-25(22)35/h1-10,12-13,15,29,41H,14H2,(H,39,42)/i29D. The normalized spacial score (nSPS) is 12.8. The van der Waals surface area contributed by atoms with Crippen LogP contribution in [0.2, 0.25) is 5.02 Å². The van der Waals surface area contributed by atoms with Crippen LogP contribution in [0, 0.1) is 40.5 Å². The Morgan fingerprint density at radius 1 is 0.933 bits per heavy atom. The molecule has 0 saturated heterocycles. The molecule has 0 saturated carbocycles. The van der Waals surface area contributed by atoms with Crippen LogP contribution in [0.4, 0.5) is 39.0 Å². The highest BCUT2D eigenvalue weighted by molar-refractivity contribution is 6.36. The third kappa shape index (κ3) is 6.09. The number of fused-ring (bicyclic) bond motifs is 1. The van der Waals surface area contributed by atoms with Gasteiger partial charge in [0, 0.05) is 28.9 Å². The molecule has 0 amide bonds. The van der Waals surface area contributed by atoms with Crippen LogP contribution in [0.25, 0.3) is 10.9 Å². The Bertz CT molecular complexity index is 2130. The van der Waals surface area contributed by atoms with Crippen molar-refractivity contribution < 1.29 is 23.3 Å². The minimum atomic E-state index is -1.98. The average molecular weight is 634 g/mol. The molecule has 6 aromatic rings. The monoisotopic (exact) mass is 633 g/mol. The highest BCUT2D eigenvalue weighted by atomic mass is 35.5. The molecule has 14 heteroatoms. The van der Waals surface area contributed by atoms with Crippen LogP contribution >= 0.6 is 11.6 Å². The molecule has 0 radical (unpaired) electrons. The van der Waals surface area contributed by atoms with Crippen molar-refractivity contribution in [2.75, 3.05) is 10.6 Å². The van der Waals surface area contributed by atoms with Gasteiger partial charge in [-0.1, -0.05) is 35.0 Å². The molecule has 1 unspecified atom stereocenters. The topological polar surface area (TPSA) is 104 Å². The van der Waals surface area contributed by atoms with Gasteiger partial charge in [-0.15, -0.1) is 5.10 Å². The lowest BCUT2D eigenvalue weighted by Gasteiger charge is -2.20. The Kier molecular flexibility index (Phi) is 7.62. The predicted molar refractivity (Wildman–Crippen MR) is 156 cm³/mol. The summed E-state index contributed by atoms with van der Waals surface area (Å²) in [6.07, 6.45) is 3.60. The molecule has 8 nitrogen and oxygen atoms in total. The maximum absolute atomic E-state index is 14.3. The fourth-order valence-electron chi connectivity index (χ4n) is 4.57. The lowest BCUT2D eigenvalue weighted by Crippen LogP contribution is -2.13. The van der Waals surface area contributed by atoms with E-state index in [1.807, 2.05) is 6.07 Å². The van der Waals surface area contributed by atoms with Crippen LogP contribution in [-0.2, 0) is 6.54 Å². The first-order chi connectivity index (χ1) is 22.0. The molecule has 0 aliphatic carbocycles. The number of rotatable bonds is 8. The van der Waals surface area contributed by atoms with Crippen LogP contribution in [0.3, 0.4) is 0 Å². The van der Waals surface area contributed by atoms with Gasteiger partial charge in [-0.25, -0.2) is 27.2 Å². The molecule has 45 heavy (non-hydrogen) atoms. The van der Waals surface area contributed by atoms with Crippen molar-refractivity contribution in [3.05, 3.63) is 136 Å². The van der Waals surface area contributed by atoms with Gasteiger partial charge in [0.15, 0.2) is 5.82 Å². The van der Waals surface area contributed by atoms with Gasteiger partial charge in [0.2, 0.25) is 5.95 Å². The molecule has 6 rings (SSSR count). The second kappa shape index (κ2) is 12.2. The van der Waals surface area contributed by atoms with Crippen molar-refractivity contribution in [3.8, 4) is 6.07 Å². The average Bonchev–Trinajstić information content (AvgIpc) is 3.51. The minimum Gasteiger partial charge on any atom is -0.373 e. The first kappa shape index (κ1) is 28.2. The molecule has 0 aliphatic heterocycles. The summed E-state index contributed by atoms with van der Waals surface area (Å²) in [7, 11) is 0. The van der Waals surface area contributed by atoms with E-state index in [-0.39, 0.29) is 61.9 Å². The third-order valence-corrected chi connectivity index (χ3v) is 6.98. The van der Waals surface area contributed by atoms with Crippen molar-refractivity contribution in [1.82, 2.24) is 25.0 Å². The van der Waals surface area contributed by atoms with Crippen molar-refractivity contribution in [2.24, 2.45) is 0 Å². The van der Waals surface area contributed by atoms with Gasteiger partial charge in [-0.2, -0.15) is 9.65 Å². The number of hydrogen-bond acceptors (Lipinski definition) is 7. The zero-order valence-electron chi connectivity index (χ0n) is 23.7. The molecule has 0 bridgehead atoms. The van der Waals surface area contributed by atoms with E-state index >= 15 is 0 Å². The van der Waals surface area contributed by atoms with Crippen LogP contribution in [0.15, 0.2) is 79.3 Å². The Morgan fingerprint density at radius 3 is 2.40 bits per heavy atom. The number of nitriles is 1. The summed E-state index contributed by atoms with van der Waals surface area (Å²) in [6, 6.07) is 12.3. The number of pyridine rings is 2. The Hall–Kier alpha value is -5.61. The SMILES string of the molecule is [2H]C(Nc1cc(Cl)c2ncc(C#N)c(Nc3cnc(F)c(F)c3)c2c1)(c1ccc(F)cc1)c1cn(Cc2c(F)cccc2F)nn1. The molecule has 224 valence electrons. The second-order valence-electron chi connectivity index (χ2n) is 9.64. The first-order valence-electron chi connectivity index (χ1n) is 13.5. The number of aromatic nitrogens is 5. The summed E-state index contributed by atoms with van der Waals surface area (Å²) in [5, 5.41) is 24.1. The molecule has 0 spiro atoms. The first-order valence-corrected chi connectivity index (χ1v) is 13.4. The summed E-state index contributed by atoms with van der Waals surface area (Å²) in [4.78, 5) is 7.62. The number of anilines is 3. The zero-order valence-corrected chi connectivity index (χ0v) is 23.4. The third-order valence-electron chi connectivity index (χ3n) is 6.69. The van der Waals surface area contributed by atoms with E-state index in [1.54, 1.807) is 0 Å². The maximum atomic E-state index is 14.3. The van der Waals surface area contributed by atoms with E-state index in [0.717, 1.165) is 41.2 Å².